The van der Waals surface area contributed by atoms with Crippen molar-refractivity contribution in [3.63, 3.8) is 0 Å². The van der Waals surface area contributed by atoms with Crippen LogP contribution in [0.5, 0.6) is 11.5 Å². The first-order valence-electron chi connectivity index (χ1n) is 10.9. The molecular weight excluding hydrogens is 453 g/mol. The van der Waals surface area contributed by atoms with Crippen molar-refractivity contribution in [2.75, 3.05) is 32.7 Å². The van der Waals surface area contributed by atoms with Gasteiger partial charge in [0.2, 0.25) is 5.91 Å². The average Bonchev–Trinajstić information content (AvgIpc) is 3.30. The third kappa shape index (κ3) is 4.98. The van der Waals surface area contributed by atoms with E-state index in [1.807, 2.05) is 0 Å². The average molecular weight is 480 g/mol. The molecule has 0 bridgehead atoms. The highest BCUT2D eigenvalue weighted by molar-refractivity contribution is 6.09. The third-order valence-corrected chi connectivity index (χ3v) is 5.64. The molecule has 2 aromatic heterocycles. The summed E-state index contributed by atoms with van der Waals surface area (Å²) in [6, 6.07) is 6.32. The molecule has 1 aromatic carbocycles. The number of aliphatic imine (C=N–C) groups is 1. The molecular formula is C24H26FN7O3. The lowest BCUT2D eigenvalue weighted by molar-refractivity contribution is -0.119. The second kappa shape index (κ2) is 10.3. The van der Waals surface area contributed by atoms with Crippen molar-refractivity contribution in [3.8, 4) is 11.5 Å². The number of amides is 1. The van der Waals surface area contributed by atoms with Gasteiger partial charge in [-0.1, -0.05) is 0 Å². The van der Waals surface area contributed by atoms with Gasteiger partial charge in [0.25, 0.3) is 0 Å². The Balaban J connectivity index is 1.84. The van der Waals surface area contributed by atoms with E-state index in [9.17, 15) is 4.79 Å². The number of hydrogen-bond donors (Lipinski definition) is 2. The van der Waals surface area contributed by atoms with Crippen molar-refractivity contribution in [3.05, 3.63) is 48.2 Å². The molecule has 182 valence electrons. The van der Waals surface area contributed by atoms with Crippen molar-refractivity contribution in [1.82, 2.24) is 20.3 Å². The topological polar surface area (TPSA) is 128 Å². The molecule has 10 nitrogen and oxygen atoms in total. The Labute approximate surface area is 201 Å². The number of nitrogens with zero attached hydrogens (tertiary/aromatic N) is 5. The zero-order valence-electron chi connectivity index (χ0n) is 19.7. The monoisotopic (exact) mass is 479 g/mol. The Bertz CT molecular complexity index is 1310. The summed E-state index contributed by atoms with van der Waals surface area (Å²) in [5.74, 6) is 0.241. The van der Waals surface area contributed by atoms with Gasteiger partial charge in [0.1, 0.15) is 17.1 Å². The van der Waals surface area contributed by atoms with Gasteiger partial charge in [-0.25, -0.2) is 14.4 Å². The number of pyridine rings is 1. The molecule has 0 saturated carbocycles. The Morgan fingerprint density at radius 3 is 2.80 bits per heavy atom. The second-order valence-corrected chi connectivity index (χ2v) is 7.85. The van der Waals surface area contributed by atoms with E-state index in [4.69, 9.17) is 15.2 Å². The molecule has 0 aliphatic carbocycles. The third-order valence-electron chi connectivity index (χ3n) is 5.64. The maximum atomic E-state index is 15.5. The van der Waals surface area contributed by atoms with Gasteiger partial charge in [-0.3, -0.25) is 14.8 Å². The molecule has 4 rings (SSSR count). The molecule has 1 aliphatic rings. The number of hydrogen-bond acceptors (Lipinski definition) is 9. The van der Waals surface area contributed by atoms with Crippen LogP contribution in [0.4, 0.5) is 15.9 Å². The van der Waals surface area contributed by atoms with Gasteiger partial charge in [-0.05, 0) is 18.6 Å². The summed E-state index contributed by atoms with van der Waals surface area (Å²) in [5, 5.41) is 2.93. The van der Waals surface area contributed by atoms with Crippen LogP contribution in [0.3, 0.4) is 0 Å². The van der Waals surface area contributed by atoms with Crippen molar-refractivity contribution in [1.29, 1.82) is 0 Å². The van der Waals surface area contributed by atoms with Gasteiger partial charge in [0.15, 0.2) is 17.2 Å². The molecule has 1 aliphatic heterocycles. The first-order valence-corrected chi connectivity index (χ1v) is 10.9. The minimum absolute atomic E-state index is 0.0271. The second-order valence-electron chi connectivity index (χ2n) is 7.85. The maximum Gasteiger partial charge on any atom is 0.220 e. The van der Waals surface area contributed by atoms with Crippen LogP contribution < -0.4 is 25.4 Å². The van der Waals surface area contributed by atoms with Crippen molar-refractivity contribution in [2.24, 2.45) is 10.7 Å². The van der Waals surface area contributed by atoms with E-state index in [2.05, 4.69) is 25.3 Å². The van der Waals surface area contributed by atoms with Crippen LogP contribution in [0, 0.1) is 5.82 Å². The maximum absolute atomic E-state index is 15.5. The minimum atomic E-state index is -0.577. The van der Waals surface area contributed by atoms with E-state index >= 15 is 4.39 Å². The van der Waals surface area contributed by atoms with Crippen LogP contribution in [-0.4, -0.2) is 60.9 Å². The summed E-state index contributed by atoms with van der Waals surface area (Å²) in [4.78, 5) is 31.2. The molecule has 1 saturated heterocycles. The normalized spacial score (nSPS) is 16.1. The van der Waals surface area contributed by atoms with Gasteiger partial charge < -0.3 is 25.4 Å². The number of allylic oxidation sites excluding steroid dienone is 1. The highest BCUT2D eigenvalue weighted by Crippen LogP contribution is 2.37. The molecule has 1 fully saturated rings. The number of halogens is 1. The van der Waals surface area contributed by atoms with E-state index in [0.717, 1.165) is 0 Å². The molecule has 0 radical (unpaired) electrons. The van der Waals surface area contributed by atoms with Crippen LogP contribution in [0.25, 0.3) is 16.7 Å². The Morgan fingerprint density at radius 2 is 2.14 bits per heavy atom. The van der Waals surface area contributed by atoms with Gasteiger partial charge in [0.05, 0.1) is 31.8 Å². The van der Waals surface area contributed by atoms with E-state index in [-0.39, 0.29) is 29.9 Å². The fourth-order valence-electron chi connectivity index (χ4n) is 3.88. The van der Waals surface area contributed by atoms with E-state index in [1.165, 1.54) is 26.5 Å². The summed E-state index contributed by atoms with van der Waals surface area (Å²) in [5.41, 5.74) is 7.89. The van der Waals surface area contributed by atoms with Gasteiger partial charge in [0, 0.05) is 56.2 Å². The number of anilines is 2. The standard InChI is InChI=1S/C24H26FN7O3/c1-27-11-14(10-26)18-12-28-17-5-6-21(31-24(17)30-18)32(13-15-4-7-22(33)29-15)19-8-16(34-2)9-20(35-3)23(19)25/h5-6,8-12,15H,4,7,13,26H2,1-3H3,(H,29,33). The van der Waals surface area contributed by atoms with Crippen molar-refractivity contribution < 1.29 is 18.7 Å². The van der Waals surface area contributed by atoms with Crippen LogP contribution >= 0.6 is 0 Å². The Kier molecular flexibility index (Phi) is 7.04. The number of fused-ring (bicyclic) bond motifs is 1. The first kappa shape index (κ1) is 23.9. The number of nitrogens with two attached hydrogens (primary N) is 1. The van der Waals surface area contributed by atoms with Crippen LogP contribution in [0.1, 0.15) is 18.5 Å². The predicted molar refractivity (Wildman–Crippen MR) is 132 cm³/mol. The molecule has 1 atom stereocenters. The smallest absolute Gasteiger partial charge is 0.220 e. The molecule has 3 heterocycles. The summed E-state index contributed by atoms with van der Waals surface area (Å²) in [7, 11) is 4.51. The highest BCUT2D eigenvalue weighted by Gasteiger charge is 2.27. The SMILES string of the molecule is CN=CC(=CN)c1cnc2ccc(N(CC3CCC(=O)N3)c3cc(OC)cc(OC)c3F)nc2n1. The summed E-state index contributed by atoms with van der Waals surface area (Å²) in [6.45, 7) is 0.279. The van der Waals surface area contributed by atoms with Gasteiger partial charge in [-0.15, -0.1) is 0 Å². The lowest BCUT2D eigenvalue weighted by Crippen LogP contribution is -2.37. The quantitative estimate of drug-likeness (QED) is 0.472. The molecule has 3 aromatic rings. The number of rotatable bonds is 8. The lowest BCUT2D eigenvalue weighted by atomic mass is 10.1. The Hall–Kier alpha value is -4.28. The Morgan fingerprint density at radius 1 is 1.31 bits per heavy atom. The van der Waals surface area contributed by atoms with Crippen LogP contribution in [0.15, 0.2) is 41.7 Å². The highest BCUT2D eigenvalue weighted by atomic mass is 19.1. The number of nitrogens with one attached hydrogen (secondary N) is 1. The van der Waals surface area contributed by atoms with E-state index in [1.54, 1.807) is 42.6 Å². The van der Waals surface area contributed by atoms with E-state index in [0.29, 0.717) is 46.8 Å². The van der Waals surface area contributed by atoms with Crippen molar-refractivity contribution in [2.45, 2.75) is 18.9 Å². The van der Waals surface area contributed by atoms with Gasteiger partial charge in [-0.2, -0.15) is 0 Å². The predicted octanol–water partition coefficient (Wildman–Crippen LogP) is 2.60. The zero-order valence-corrected chi connectivity index (χ0v) is 19.7. The fourth-order valence-corrected chi connectivity index (χ4v) is 3.88. The number of carbonyl (C=O) groups is 1. The number of aromatic nitrogens is 3. The van der Waals surface area contributed by atoms with E-state index < -0.39 is 5.82 Å². The number of methoxy groups -OCH3 is 2. The number of carbonyl (C=O) groups excluding carboxylic acids is 1. The summed E-state index contributed by atoms with van der Waals surface area (Å²) < 4.78 is 26.1. The minimum Gasteiger partial charge on any atom is -0.497 e. The molecule has 0 spiro atoms. The lowest BCUT2D eigenvalue weighted by Gasteiger charge is -2.28. The number of ether oxygens (including phenoxy) is 2. The first-order chi connectivity index (χ1) is 17.0. The van der Waals surface area contributed by atoms with Gasteiger partial charge >= 0.3 is 0 Å². The zero-order chi connectivity index (χ0) is 24.9. The molecule has 3 N–H and O–H groups in total. The largest absolute Gasteiger partial charge is 0.497 e. The number of benzene rings is 1. The fraction of sp³-hybridized carbons (Fsp3) is 0.292. The molecule has 1 amide bonds. The molecule has 11 heteroatoms. The summed E-state index contributed by atoms with van der Waals surface area (Å²) >= 11 is 0. The van der Waals surface area contributed by atoms with Crippen LogP contribution in [0.2, 0.25) is 0 Å². The molecule has 35 heavy (non-hydrogen) atoms. The summed E-state index contributed by atoms with van der Waals surface area (Å²) in [6.07, 6.45) is 5.58. The molecule has 1 unspecified atom stereocenters. The van der Waals surface area contributed by atoms with Crippen LogP contribution in [-0.2, 0) is 4.79 Å². The van der Waals surface area contributed by atoms with Crippen molar-refractivity contribution >= 4 is 40.4 Å².